The van der Waals surface area contributed by atoms with Crippen LogP contribution in [0.5, 0.6) is 5.75 Å². The quantitative estimate of drug-likeness (QED) is 0.883. The van der Waals surface area contributed by atoms with E-state index in [1.54, 1.807) is 7.11 Å². The van der Waals surface area contributed by atoms with Gasteiger partial charge in [0.05, 0.1) is 7.11 Å². The first kappa shape index (κ1) is 11.5. The number of hydrogen-bond donors (Lipinski definition) is 1. The van der Waals surface area contributed by atoms with Crippen molar-refractivity contribution in [3.8, 4) is 17.0 Å². The van der Waals surface area contributed by atoms with Crippen LogP contribution < -0.4 is 10.5 Å². The van der Waals surface area contributed by atoms with Crippen molar-refractivity contribution >= 4 is 6.01 Å². The molecule has 4 nitrogen and oxygen atoms in total. The Labute approximate surface area is 100 Å². The van der Waals surface area contributed by atoms with E-state index in [0.29, 0.717) is 0 Å². The second kappa shape index (κ2) is 4.49. The van der Waals surface area contributed by atoms with E-state index >= 15 is 0 Å². The highest BCUT2D eigenvalue weighted by molar-refractivity contribution is 5.64. The summed E-state index contributed by atoms with van der Waals surface area (Å²) in [6.45, 7) is 4.01. The molecule has 17 heavy (non-hydrogen) atoms. The monoisotopic (exact) mass is 232 g/mol. The van der Waals surface area contributed by atoms with Gasteiger partial charge in [-0.25, -0.2) is 0 Å². The number of methoxy groups -OCH3 is 1. The molecule has 0 amide bonds. The lowest BCUT2D eigenvalue weighted by molar-refractivity contribution is 0.412. The Bertz CT molecular complexity index is 532. The molecule has 0 aliphatic heterocycles. The number of aryl methyl sites for hydroxylation is 2. The zero-order chi connectivity index (χ0) is 12.4. The van der Waals surface area contributed by atoms with Crippen LogP contribution in [0.15, 0.2) is 22.6 Å². The summed E-state index contributed by atoms with van der Waals surface area (Å²) >= 11 is 0. The number of oxazole rings is 1. The molecule has 1 aromatic heterocycles. The fourth-order valence-electron chi connectivity index (χ4n) is 1.86. The summed E-state index contributed by atoms with van der Waals surface area (Å²) in [6.07, 6.45) is 0.768. The molecule has 0 saturated heterocycles. The maximum absolute atomic E-state index is 5.58. The highest BCUT2D eigenvalue weighted by atomic mass is 16.5. The summed E-state index contributed by atoms with van der Waals surface area (Å²) < 4.78 is 10.6. The summed E-state index contributed by atoms with van der Waals surface area (Å²) in [7, 11) is 1.66. The molecule has 0 aliphatic carbocycles. The molecule has 0 saturated carbocycles. The number of nitrogens with two attached hydrogens (primary N) is 1. The van der Waals surface area contributed by atoms with Crippen molar-refractivity contribution in [3.63, 3.8) is 0 Å². The van der Waals surface area contributed by atoms with Gasteiger partial charge in [0.1, 0.15) is 17.2 Å². The van der Waals surface area contributed by atoms with Gasteiger partial charge >= 0.3 is 0 Å². The molecular formula is C13H16N2O2. The van der Waals surface area contributed by atoms with Crippen LogP contribution in [0.25, 0.3) is 11.3 Å². The fourth-order valence-corrected chi connectivity index (χ4v) is 1.86. The largest absolute Gasteiger partial charge is 0.496 e. The molecular weight excluding hydrogens is 216 g/mol. The van der Waals surface area contributed by atoms with Gasteiger partial charge in [0.15, 0.2) is 0 Å². The van der Waals surface area contributed by atoms with Gasteiger partial charge in [0.2, 0.25) is 0 Å². The molecule has 0 aliphatic rings. The third-order valence-electron chi connectivity index (χ3n) is 2.70. The summed E-state index contributed by atoms with van der Waals surface area (Å²) in [6, 6.07) is 6.12. The Balaban J connectivity index is 2.49. The fraction of sp³-hybridized carbons (Fsp3) is 0.308. The van der Waals surface area contributed by atoms with E-state index < -0.39 is 0 Å². The van der Waals surface area contributed by atoms with Gasteiger partial charge in [0, 0.05) is 12.0 Å². The number of anilines is 1. The van der Waals surface area contributed by atoms with Crippen molar-refractivity contribution < 1.29 is 9.15 Å². The van der Waals surface area contributed by atoms with E-state index in [1.165, 1.54) is 0 Å². The van der Waals surface area contributed by atoms with Crippen molar-refractivity contribution in [3.05, 3.63) is 29.5 Å². The van der Waals surface area contributed by atoms with Crippen LogP contribution in [-0.4, -0.2) is 12.1 Å². The van der Waals surface area contributed by atoms with Crippen LogP contribution >= 0.6 is 0 Å². The third-order valence-corrected chi connectivity index (χ3v) is 2.70. The van der Waals surface area contributed by atoms with E-state index in [0.717, 1.165) is 34.8 Å². The molecule has 1 aromatic carbocycles. The maximum Gasteiger partial charge on any atom is 0.292 e. The van der Waals surface area contributed by atoms with Crippen molar-refractivity contribution in [2.45, 2.75) is 20.3 Å². The normalized spacial score (nSPS) is 10.5. The molecule has 0 unspecified atom stereocenters. The Morgan fingerprint density at radius 3 is 2.76 bits per heavy atom. The van der Waals surface area contributed by atoms with Crippen molar-refractivity contribution in [1.82, 2.24) is 4.98 Å². The predicted molar refractivity (Wildman–Crippen MR) is 67.0 cm³/mol. The first-order valence-corrected chi connectivity index (χ1v) is 5.56. The minimum Gasteiger partial charge on any atom is -0.496 e. The van der Waals surface area contributed by atoms with Crippen LogP contribution in [-0.2, 0) is 6.42 Å². The summed E-state index contributed by atoms with van der Waals surface area (Å²) in [5.74, 6) is 1.68. The standard InChI is InChI=1S/C13H16N2O2/c1-4-10-12(15-13(14)17-10)9-5-6-11(16-3)8(2)7-9/h5-7H,4H2,1-3H3,(H2,14,15). The zero-order valence-electron chi connectivity index (χ0n) is 10.3. The van der Waals surface area contributed by atoms with Crippen LogP contribution in [0.4, 0.5) is 6.01 Å². The van der Waals surface area contributed by atoms with E-state index in [2.05, 4.69) is 4.98 Å². The van der Waals surface area contributed by atoms with E-state index in [4.69, 9.17) is 14.9 Å². The van der Waals surface area contributed by atoms with Crippen molar-refractivity contribution in [1.29, 1.82) is 0 Å². The van der Waals surface area contributed by atoms with Gasteiger partial charge in [-0.3, -0.25) is 0 Å². The number of hydrogen-bond acceptors (Lipinski definition) is 4. The first-order chi connectivity index (χ1) is 8.15. The zero-order valence-corrected chi connectivity index (χ0v) is 10.3. The summed E-state index contributed by atoms with van der Waals surface area (Å²) in [5.41, 5.74) is 8.46. The summed E-state index contributed by atoms with van der Waals surface area (Å²) in [4.78, 5) is 4.22. The second-order valence-electron chi connectivity index (χ2n) is 3.86. The first-order valence-electron chi connectivity index (χ1n) is 5.56. The van der Waals surface area contributed by atoms with Crippen LogP contribution in [0.2, 0.25) is 0 Å². The molecule has 2 N–H and O–H groups in total. The molecule has 4 heteroatoms. The van der Waals surface area contributed by atoms with Gasteiger partial charge in [-0.15, -0.1) is 0 Å². The molecule has 2 rings (SSSR count). The van der Waals surface area contributed by atoms with E-state index in [-0.39, 0.29) is 6.01 Å². The lowest BCUT2D eigenvalue weighted by atomic mass is 10.1. The number of rotatable bonds is 3. The average molecular weight is 232 g/mol. The Morgan fingerprint density at radius 2 is 2.18 bits per heavy atom. The Hall–Kier alpha value is -1.97. The lowest BCUT2D eigenvalue weighted by Gasteiger charge is -2.06. The molecule has 0 bridgehead atoms. The molecule has 0 radical (unpaired) electrons. The summed E-state index contributed by atoms with van der Waals surface area (Å²) in [5, 5.41) is 0. The Kier molecular flexibility index (Phi) is 3.04. The van der Waals surface area contributed by atoms with E-state index in [9.17, 15) is 0 Å². The smallest absolute Gasteiger partial charge is 0.292 e. The third kappa shape index (κ3) is 2.11. The maximum atomic E-state index is 5.58. The highest BCUT2D eigenvalue weighted by Crippen LogP contribution is 2.29. The van der Waals surface area contributed by atoms with Gasteiger partial charge in [-0.2, -0.15) is 4.98 Å². The number of nitrogen functional groups attached to an aromatic ring is 1. The SMILES string of the molecule is CCc1oc(N)nc1-c1ccc(OC)c(C)c1. The van der Waals surface area contributed by atoms with Gasteiger partial charge in [-0.1, -0.05) is 6.92 Å². The average Bonchev–Trinajstić information content (AvgIpc) is 2.70. The predicted octanol–water partition coefficient (Wildman–Crippen LogP) is 2.80. The highest BCUT2D eigenvalue weighted by Gasteiger charge is 2.12. The molecule has 0 spiro atoms. The lowest BCUT2D eigenvalue weighted by Crippen LogP contribution is -1.90. The number of ether oxygens (including phenoxy) is 1. The number of aromatic nitrogens is 1. The van der Waals surface area contributed by atoms with Crippen LogP contribution in [0.1, 0.15) is 18.2 Å². The molecule has 90 valence electrons. The minimum absolute atomic E-state index is 0.213. The molecule has 1 heterocycles. The van der Waals surface area contributed by atoms with Gasteiger partial charge < -0.3 is 14.9 Å². The van der Waals surface area contributed by atoms with Crippen LogP contribution in [0.3, 0.4) is 0 Å². The van der Waals surface area contributed by atoms with Gasteiger partial charge in [-0.05, 0) is 30.7 Å². The Morgan fingerprint density at radius 1 is 1.41 bits per heavy atom. The topological polar surface area (TPSA) is 61.3 Å². The molecule has 0 fully saturated rings. The van der Waals surface area contributed by atoms with Gasteiger partial charge in [0.25, 0.3) is 6.01 Å². The number of benzene rings is 1. The minimum atomic E-state index is 0.213. The van der Waals surface area contributed by atoms with Crippen molar-refractivity contribution in [2.75, 3.05) is 12.8 Å². The second-order valence-corrected chi connectivity index (χ2v) is 3.86. The number of nitrogens with zero attached hydrogens (tertiary/aromatic N) is 1. The van der Waals surface area contributed by atoms with E-state index in [1.807, 2.05) is 32.0 Å². The van der Waals surface area contributed by atoms with Crippen LogP contribution in [0, 0.1) is 6.92 Å². The molecule has 2 aromatic rings. The molecule has 0 atom stereocenters. The van der Waals surface area contributed by atoms with Crippen molar-refractivity contribution in [2.24, 2.45) is 0 Å².